The van der Waals surface area contributed by atoms with Crippen LogP contribution in [0.4, 0.5) is 0 Å². The van der Waals surface area contributed by atoms with Gasteiger partial charge in [0.25, 0.3) is 0 Å². The highest BCUT2D eigenvalue weighted by atomic mass is 16.3. The molecule has 1 fully saturated rings. The van der Waals surface area contributed by atoms with Crippen molar-refractivity contribution in [3.63, 3.8) is 0 Å². The van der Waals surface area contributed by atoms with E-state index in [4.69, 9.17) is 5.11 Å². The maximum atomic E-state index is 12.9. The largest absolute Gasteiger partial charge is 0.395 e. The van der Waals surface area contributed by atoms with Crippen molar-refractivity contribution in [3.05, 3.63) is 35.9 Å². The number of nitrogens with one attached hydrogen (secondary N) is 1. The minimum atomic E-state index is -0.446. The molecular weight excluding hydrogens is 342 g/mol. The summed E-state index contributed by atoms with van der Waals surface area (Å²) in [6.07, 6.45) is 3.60. The molecule has 0 aliphatic carbocycles. The smallest absolute Gasteiger partial charge is 0.245 e. The molecule has 1 saturated heterocycles. The van der Waals surface area contributed by atoms with E-state index in [0.29, 0.717) is 38.5 Å². The number of benzene rings is 1. The Morgan fingerprint density at radius 3 is 2.52 bits per heavy atom. The van der Waals surface area contributed by atoms with Crippen LogP contribution in [0.5, 0.6) is 0 Å². The number of hydrogen-bond acceptors (Lipinski definition) is 4. The summed E-state index contributed by atoms with van der Waals surface area (Å²) >= 11 is 0. The fourth-order valence-corrected chi connectivity index (χ4v) is 3.66. The van der Waals surface area contributed by atoms with Crippen LogP contribution in [0.25, 0.3) is 0 Å². The molecule has 1 aromatic rings. The van der Waals surface area contributed by atoms with Crippen molar-refractivity contribution >= 4 is 11.8 Å². The summed E-state index contributed by atoms with van der Waals surface area (Å²) < 4.78 is 0. The van der Waals surface area contributed by atoms with Gasteiger partial charge in [-0.2, -0.15) is 0 Å². The van der Waals surface area contributed by atoms with E-state index >= 15 is 0 Å². The number of nitrogens with zero attached hydrogens (tertiary/aromatic N) is 2. The Morgan fingerprint density at radius 1 is 1.26 bits per heavy atom. The Morgan fingerprint density at radius 2 is 1.93 bits per heavy atom. The first-order valence-electron chi connectivity index (χ1n) is 9.98. The van der Waals surface area contributed by atoms with Crippen LogP contribution >= 0.6 is 0 Å². The molecule has 6 nitrogen and oxygen atoms in total. The highest BCUT2D eigenvalue weighted by molar-refractivity contribution is 5.88. The third-order valence-corrected chi connectivity index (χ3v) is 5.27. The van der Waals surface area contributed by atoms with Gasteiger partial charge in [0, 0.05) is 25.7 Å². The molecule has 2 rings (SSSR count). The molecular formula is C21H33N3O3. The monoisotopic (exact) mass is 375 g/mol. The number of likely N-dealkylation sites (N-methyl/N-ethyl adjacent to an activating group) is 1. The summed E-state index contributed by atoms with van der Waals surface area (Å²) in [5, 5.41) is 12.0. The Labute approximate surface area is 162 Å². The summed E-state index contributed by atoms with van der Waals surface area (Å²) in [6.45, 7) is 4.25. The van der Waals surface area contributed by atoms with E-state index in [1.54, 1.807) is 0 Å². The zero-order valence-corrected chi connectivity index (χ0v) is 16.6. The first kappa shape index (κ1) is 21.4. The molecule has 0 bridgehead atoms. The van der Waals surface area contributed by atoms with Gasteiger partial charge >= 0.3 is 0 Å². The lowest BCUT2D eigenvalue weighted by molar-refractivity contribution is -0.137. The van der Waals surface area contributed by atoms with Crippen LogP contribution in [0.1, 0.15) is 38.2 Å². The van der Waals surface area contributed by atoms with E-state index in [-0.39, 0.29) is 18.4 Å². The molecule has 27 heavy (non-hydrogen) atoms. The summed E-state index contributed by atoms with van der Waals surface area (Å²) in [7, 11) is 2.02. The van der Waals surface area contributed by atoms with Gasteiger partial charge in [0.15, 0.2) is 0 Å². The lowest BCUT2D eigenvalue weighted by Crippen LogP contribution is -2.53. The third-order valence-electron chi connectivity index (χ3n) is 5.27. The molecule has 1 atom stereocenters. The van der Waals surface area contributed by atoms with Crippen molar-refractivity contribution in [1.29, 1.82) is 0 Å². The highest BCUT2D eigenvalue weighted by Crippen LogP contribution is 2.17. The van der Waals surface area contributed by atoms with Crippen molar-refractivity contribution in [1.82, 2.24) is 15.1 Å². The van der Waals surface area contributed by atoms with Crippen LogP contribution in [0, 0.1) is 0 Å². The minimum absolute atomic E-state index is 0.0292. The maximum Gasteiger partial charge on any atom is 0.245 e. The van der Waals surface area contributed by atoms with Crippen LogP contribution < -0.4 is 5.32 Å². The standard InChI is InChI=1S/C21H33N3O3/c1-3-7-19(22-20(26)16-17-8-5-4-6-9-17)21(27)24-12-10-18(11-13-24)23(2)14-15-25/h4-6,8-9,18-19,25H,3,7,10-16H2,1-2H3,(H,22,26)/t19-/m1/s1. The van der Waals surface area contributed by atoms with Crippen LogP contribution in [0.3, 0.4) is 0 Å². The molecule has 0 unspecified atom stereocenters. The Kier molecular flexibility index (Phi) is 8.75. The van der Waals surface area contributed by atoms with E-state index in [9.17, 15) is 9.59 Å². The number of piperidine rings is 1. The molecule has 1 aliphatic heterocycles. The third kappa shape index (κ3) is 6.63. The SMILES string of the molecule is CCC[C@@H](NC(=O)Cc1ccccc1)C(=O)N1CCC(N(C)CCO)CC1. The van der Waals surface area contributed by atoms with Gasteiger partial charge in [0.1, 0.15) is 6.04 Å². The number of carbonyl (C=O) groups excluding carboxylic acids is 2. The van der Waals surface area contributed by atoms with E-state index in [0.717, 1.165) is 24.8 Å². The summed E-state index contributed by atoms with van der Waals surface area (Å²) in [6, 6.07) is 9.54. The Hall–Kier alpha value is -1.92. The molecule has 0 radical (unpaired) electrons. The molecule has 6 heteroatoms. The molecule has 1 heterocycles. The first-order valence-corrected chi connectivity index (χ1v) is 9.98. The molecule has 150 valence electrons. The number of hydrogen-bond donors (Lipinski definition) is 2. The van der Waals surface area contributed by atoms with Gasteiger partial charge < -0.3 is 20.2 Å². The van der Waals surface area contributed by atoms with Gasteiger partial charge in [-0.25, -0.2) is 0 Å². The quantitative estimate of drug-likeness (QED) is 0.685. The summed E-state index contributed by atoms with van der Waals surface area (Å²) in [5.74, 6) is -0.0768. The van der Waals surface area contributed by atoms with E-state index in [2.05, 4.69) is 10.2 Å². The summed E-state index contributed by atoms with van der Waals surface area (Å²) in [5.41, 5.74) is 0.949. The van der Waals surface area contributed by atoms with Gasteiger partial charge in [-0.1, -0.05) is 43.7 Å². The normalized spacial score (nSPS) is 16.4. The predicted molar refractivity (Wildman–Crippen MR) is 106 cm³/mol. The average molecular weight is 376 g/mol. The fraction of sp³-hybridized carbons (Fsp3) is 0.619. The number of amides is 2. The van der Waals surface area contributed by atoms with Crippen molar-refractivity contribution in [2.45, 2.75) is 51.1 Å². The summed E-state index contributed by atoms with van der Waals surface area (Å²) in [4.78, 5) is 29.4. The molecule has 2 N–H and O–H groups in total. The second-order valence-electron chi connectivity index (χ2n) is 7.33. The average Bonchev–Trinajstić information content (AvgIpc) is 2.68. The van der Waals surface area contributed by atoms with Gasteiger partial charge in [-0.05, 0) is 31.9 Å². The van der Waals surface area contributed by atoms with E-state index in [1.165, 1.54) is 0 Å². The van der Waals surface area contributed by atoms with Crippen LogP contribution in [-0.2, 0) is 16.0 Å². The number of carbonyl (C=O) groups is 2. The zero-order chi connectivity index (χ0) is 19.6. The fourth-order valence-electron chi connectivity index (χ4n) is 3.66. The Balaban J connectivity index is 1.88. The second kappa shape index (κ2) is 11.0. The lowest BCUT2D eigenvalue weighted by Gasteiger charge is -2.38. The van der Waals surface area contributed by atoms with Gasteiger partial charge in [-0.3, -0.25) is 9.59 Å². The van der Waals surface area contributed by atoms with E-state index < -0.39 is 6.04 Å². The Bertz CT molecular complexity index is 586. The number of aliphatic hydroxyl groups is 1. The van der Waals surface area contributed by atoms with Crippen molar-refractivity contribution in [3.8, 4) is 0 Å². The number of aliphatic hydroxyl groups excluding tert-OH is 1. The van der Waals surface area contributed by atoms with Gasteiger partial charge in [0.05, 0.1) is 13.0 Å². The maximum absolute atomic E-state index is 12.9. The van der Waals surface area contributed by atoms with E-state index in [1.807, 2.05) is 49.2 Å². The number of rotatable bonds is 9. The van der Waals surface area contributed by atoms with Gasteiger partial charge in [-0.15, -0.1) is 0 Å². The van der Waals surface area contributed by atoms with Crippen molar-refractivity contribution in [2.75, 3.05) is 33.3 Å². The highest BCUT2D eigenvalue weighted by Gasteiger charge is 2.29. The molecule has 0 spiro atoms. The molecule has 2 amide bonds. The van der Waals surface area contributed by atoms with Crippen molar-refractivity contribution < 1.29 is 14.7 Å². The first-order chi connectivity index (χ1) is 13.0. The second-order valence-corrected chi connectivity index (χ2v) is 7.33. The minimum Gasteiger partial charge on any atom is -0.395 e. The molecule has 1 aromatic carbocycles. The van der Waals surface area contributed by atoms with Crippen molar-refractivity contribution in [2.24, 2.45) is 0 Å². The molecule has 0 saturated carbocycles. The zero-order valence-electron chi connectivity index (χ0n) is 16.6. The molecule has 0 aromatic heterocycles. The number of likely N-dealkylation sites (tertiary alicyclic amines) is 1. The van der Waals surface area contributed by atoms with Crippen LogP contribution in [0.2, 0.25) is 0 Å². The lowest BCUT2D eigenvalue weighted by atomic mass is 10.0. The van der Waals surface area contributed by atoms with Gasteiger partial charge in [0.2, 0.25) is 11.8 Å². The predicted octanol–water partition coefficient (Wildman–Crippen LogP) is 1.43. The topological polar surface area (TPSA) is 72.9 Å². The van der Waals surface area contributed by atoms with Crippen LogP contribution in [-0.4, -0.2) is 72.1 Å². The van der Waals surface area contributed by atoms with Crippen LogP contribution in [0.15, 0.2) is 30.3 Å². The molecule has 1 aliphatic rings.